The van der Waals surface area contributed by atoms with Crippen LogP contribution in [0.1, 0.15) is 5.56 Å². The molecule has 2 heteroatoms. The molecule has 0 heterocycles. The molecule has 82 valence electrons. The van der Waals surface area contributed by atoms with Crippen molar-refractivity contribution >= 4 is 13.9 Å². The average Bonchev–Trinajstić information content (AvgIpc) is 2.33. The first-order valence-corrected chi connectivity index (χ1v) is 6.59. The second-order valence-corrected chi connectivity index (χ2v) is 5.10. The highest BCUT2D eigenvalue weighted by molar-refractivity contribution is 7.47. The van der Waals surface area contributed by atoms with E-state index in [1.165, 1.54) is 23.0 Å². The van der Waals surface area contributed by atoms with Gasteiger partial charge in [-0.3, -0.25) is 0 Å². The summed E-state index contributed by atoms with van der Waals surface area (Å²) >= 11 is 0. The van der Waals surface area contributed by atoms with E-state index in [-0.39, 0.29) is 5.82 Å². The van der Waals surface area contributed by atoms with Crippen molar-refractivity contribution in [3.05, 3.63) is 66.0 Å². The molecule has 1 atom stereocenters. The van der Waals surface area contributed by atoms with Crippen molar-refractivity contribution in [1.29, 1.82) is 0 Å². The topological polar surface area (TPSA) is 0 Å². The van der Waals surface area contributed by atoms with Crippen LogP contribution in [0.25, 0.3) is 0 Å². The minimum absolute atomic E-state index is 0.158. The SMILES string of the molecule is Fc1ccc(CCPc2ccccc2)cc1. The Morgan fingerprint density at radius 1 is 0.875 bits per heavy atom. The summed E-state index contributed by atoms with van der Waals surface area (Å²) in [6.45, 7) is 0. The van der Waals surface area contributed by atoms with Crippen LogP contribution in [0.5, 0.6) is 0 Å². The standard InChI is InChI=1S/C14H14FP/c15-13-8-6-12(7-9-13)10-11-16-14-4-2-1-3-5-14/h1-9,16H,10-11H2. The molecule has 0 aliphatic carbocycles. The molecule has 0 radical (unpaired) electrons. The third-order valence-electron chi connectivity index (χ3n) is 2.43. The van der Waals surface area contributed by atoms with Gasteiger partial charge in [-0.05, 0) is 35.6 Å². The van der Waals surface area contributed by atoms with E-state index in [9.17, 15) is 4.39 Å². The minimum Gasteiger partial charge on any atom is -0.207 e. The van der Waals surface area contributed by atoms with Gasteiger partial charge in [-0.25, -0.2) is 4.39 Å². The molecule has 2 rings (SSSR count). The molecule has 16 heavy (non-hydrogen) atoms. The van der Waals surface area contributed by atoms with Gasteiger partial charge in [0.15, 0.2) is 0 Å². The molecule has 0 aromatic heterocycles. The number of hydrogen-bond donors (Lipinski definition) is 0. The summed E-state index contributed by atoms with van der Waals surface area (Å²) in [6, 6.07) is 17.3. The minimum atomic E-state index is -0.158. The predicted octanol–water partition coefficient (Wildman–Crippen LogP) is 3.37. The van der Waals surface area contributed by atoms with Gasteiger partial charge in [0.1, 0.15) is 5.82 Å². The van der Waals surface area contributed by atoms with Gasteiger partial charge in [0.2, 0.25) is 0 Å². The Labute approximate surface area is 97.3 Å². The van der Waals surface area contributed by atoms with E-state index in [1.54, 1.807) is 0 Å². The fourth-order valence-electron chi connectivity index (χ4n) is 1.56. The zero-order chi connectivity index (χ0) is 11.2. The molecule has 0 amide bonds. The van der Waals surface area contributed by atoms with Crippen molar-refractivity contribution in [1.82, 2.24) is 0 Å². The van der Waals surface area contributed by atoms with Crippen LogP contribution in [0.4, 0.5) is 4.39 Å². The summed E-state index contributed by atoms with van der Waals surface area (Å²) < 4.78 is 12.7. The number of aryl methyl sites for hydroxylation is 1. The van der Waals surface area contributed by atoms with Gasteiger partial charge in [0.25, 0.3) is 0 Å². The maximum atomic E-state index is 12.7. The lowest BCUT2D eigenvalue weighted by Crippen LogP contribution is -1.96. The van der Waals surface area contributed by atoms with E-state index in [2.05, 4.69) is 24.3 Å². The number of rotatable bonds is 4. The second kappa shape index (κ2) is 5.77. The second-order valence-electron chi connectivity index (χ2n) is 3.67. The quantitative estimate of drug-likeness (QED) is 0.709. The Morgan fingerprint density at radius 3 is 2.25 bits per heavy atom. The summed E-state index contributed by atoms with van der Waals surface area (Å²) in [7, 11) is 0.834. The third-order valence-corrected chi connectivity index (χ3v) is 3.67. The fourth-order valence-corrected chi connectivity index (χ4v) is 2.69. The molecular weight excluding hydrogens is 218 g/mol. The molecule has 0 nitrogen and oxygen atoms in total. The zero-order valence-corrected chi connectivity index (χ0v) is 9.99. The van der Waals surface area contributed by atoms with Crippen LogP contribution in [0, 0.1) is 5.82 Å². The van der Waals surface area contributed by atoms with Crippen LogP contribution in [0.3, 0.4) is 0 Å². The summed E-state index contributed by atoms with van der Waals surface area (Å²) in [6.07, 6.45) is 2.16. The molecule has 0 saturated heterocycles. The smallest absolute Gasteiger partial charge is 0.123 e. The summed E-state index contributed by atoms with van der Waals surface area (Å²) in [4.78, 5) is 0. The van der Waals surface area contributed by atoms with Crippen LogP contribution < -0.4 is 5.30 Å². The Bertz CT molecular complexity index is 422. The Morgan fingerprint density at radius 2 is 1.56 bits per heavy atom. The molecule has 0 aliphatic rings. The van der Waals surface area contributed by atoms with E-state index in [0.717, 1.165) is 21.2 Å². The number of hydrogen-bond acceptors (Lipinski definition) is 0. The Balaban J connectivity index is 1.82. The van der Waals surface area contributed by atoms with Crippen molar-refractivity contribution in [3.63, 3.8) is 0 Å². The molecule has 2 aromatic rings. The van der Waals surface area contributed by atoms with Crippen molar-refractivity contribution in [3.8, 4) is 0 Å². The summed E-state index contributed by atoms with van der Waals surface area (Å²) in [5.74, 6) is -0.158. The maximum absolute atomic E-state index is 12.7. The summed E-state index contributed by atoms with van der Waals surface area (Å²) in [5, 5.41) is 1.39. The highest BCUT2D eigenvalue weighted by Gasteiger charge is 1.95. The van der Waals surface area contributed by atoms with Crippen LogP contribution >= 0.6 is 8.58 Å². The fraction of sp³-hybridized carbons (Fsp3) is 0.143. The van der Waals surface area contributed by atoms with Gasteiger partial charge < -0.3 is 0 Å². The lowest BCUT2D eigenvalue weighted by Gasteiger charge is -2.02. The first-order chi connectivity index (χ1) is 7.84. The number of benzene rings is 2. The van der Waals surface area contributed by atoms with Gasteiger partial charge in [0.05, 0.1) is 0 Å². The predicted molar refractivity (Wildman–Crippen MR) is 69.4 cm³/mol. The van der Waals surface area contributed by atoms with E-state index >= 15 is 0 Å². The van der Waals surface area contributed by atoms with Gasteiger partial charge in [-0.2, -0.15) is 0 Å². The molecule has 0 bridgehead atoms. The normalized spacial score (nSPS) is 11.1. The largest absolute Gasteiger partial charge is 0.207 e. The van der Waals surface area contributed by atoms with Crippen LogP contribution in [0.15, 0.2) is 54.6 Å². The lowest BCUT2D eigenvalue weighted by atomic mass is 10.2. The molecule has 0 aliphatic heterocycles. The van der Waals surface area contributed by atoms with Crippen molar-refractivity contribution in [2.75, 3.05) is 6.16 Å². The summed E-state index contributed by atoms with van der Waals surface area (Å²) in [5.41, 5.74) is 1.21. The molecular formula is C14H14FP. The first kappa shape index (κ1) is 11.3. The highest BCUT2D eigenvalue weighted by Crippen LogP contribution is 2.13. The van der Waals surface area contributed by atoms with E-state index in [1.807, 2.05) is 18.2 Å². The van der Waals surface area contributed by atoms with Crippen molar-refractivity contribution in [2.24, 2.45) is 0 Å². The van der Waals surface area contributed by atoms with Gasteiger partial charge in [-0.1, -0.05) is 51.0 Å². The van der Waals surface area contributed by atoms with Gasteiger partial charge in [0, 0.05) is 0 Å². The van der Waals surface area contributed by atoms with E-state index in [4.69, 9.17) is 0 Å². The van der Waals surface area contributed by atoms with Gasteiger partial charge >= 0.3 is 0 Å². The zero-order valence-electron chi connectivity index (χ0n) is 8.99. The molecule has 1 unspecified atom stereocenters. The van der Waals surface area contributed by atoms with Crippen LogP contribution in [-0.4, -0.2) is 6.16 Å². The maximum Gasteiger partial charge on any atom is 0.123 e. The molecule has 2 aromatic carbocycles. The van der Waals surface area contributed by atoms with Gasteiger partial charge in [-0.15, -0.1) is 0 Å². The van der Waals surface area contributed by atoms with Crippen LogP contribution in [0.2, 0.25) is 0 Å². The van der Waals surface area contributed by atoms with Crippen LogP contribution in [-0.2, 0) is 6.42 Å². The van der Waals surface area contributed by atoms with E-state index < -0.39 is 0 Å². The Kier molecular flexibility index (Phi) is 4.07. The highest BCUT2D eigenvalue weighted by atomic mass is 31.1. The molecule has 0 saturated carbocycles. The van der Waals surface area contributed by atoms with Crippen molar-refractivity contribution in [2.45, 2.75) is 6.42 Å². The molecule has 0 spiro atoms. The first-order valence-electron chi connectivity index (χ1n) is 5.38. The lowest BCUT2D eigenvalue weighted by molar-refractivity contribution is 0.627. The van der Waals surface area contributed by atoms with Crippen molar-refractivity contribution < 1.29 is 4.39 Å². The average molecular weight is 232 g/mol. The Hall–Kier alpha value is -1.20. The van der Waals surface area contributed by atoms with E-state index in [0.29, 0.717) is 0 Å². The molecule has 0 fully saturated rings. The molecule has 0 N–H and O–H groups in total. The third kappa shape index (κ3) is 3.43. The number of halogens is 1. The monoisotopic (exact) mass is 232 g/mol.